The van der Waals surface area contributed by atoms with Crippen molar-refractivity contribution in [2.45, 2.75) is 0 Å². The number of nitrogen functional groups attached to an aromatic ring is 1. The molecule has 2 aromatic heterocycles. The second-order valence-corrected chi connectivity index (χ2v) is 4.25. The minimum absolute atomic E-state index is 0.372. The molecule has 6 nitrogen and oxygen atoms in total. The van der Waals surface area contributed by atoms with E-state index in [1.807, 2.05) is 30.3 Å². The van der Waals surface area contributed by atoms with E-state index < -0.39 is 0 Å². The van der Waals surface area contributed by atoms with Gasteiger partial charge in [0.1, 0.15) is 0 Å². The molecule has 0 unspecified atom stereocenters. The molecule has 3 aromatic rings. The summed E-state index contributed by atoms with van der Waals surface area (Å²) in [5, 5.41) is 12.5. The summed E-state index contributed by atoms with van der Waals surface area (Å²) in [7, 11) is 0. The molecule has 2 N–H and O–H groups in total. The van der Waals surface area contributed by atoms with Crippen molar-refractivity contribution in [1.29, 1.82) is 0 Å². The molecular formula is C12H9ClN6. The fraction of sp³-hybridized carbons (Fsp3) is 0. The van der Waals surface area contributed by atoms with Gasteiger partial charge < -0.3 is 5.73 Å². The molecule has 1 aromatic carbocycles. The van der Waals surface area contributed by atoms with E-state index in [9.17, 15) is 0 Å². The van der Waals surface area contributed by atoms with E-state index >= 15 is 0 Å². The summed E-state index contributed by atoms with van der Waals surface area (Å²) in [6, 6.07) is 11.1. The number of anilines is 1. The first kappa shape index (κ1) is 11.6. The van der Waals surface area contributed by atoms with E-state index in [0.717, 1.165) is 5.56 Å². The van der Waals surface area contributed by atoms with Gasteiger partial charge in [0.2, 0.25) is 5.82 Å². The Labute approximate surface area is 113 Å². The highest BCUT2D eigenvalue weighted by Crippen LogP contribution is 2.20. The molecule has 0 bridgehead atoms. The van der Waals surface area contributed by atoms with Crippen LogP contribution < -0.4 is 5.73 Å². The van der Waals surface area contributed by atoms with Gasteiger partial charge in [-0.15, -0.1) is 15.0 Å². The maximum Gasteiger partial charge on any atom is 0.205 e. The number of rotatable bonds is 2. The standard InChI is InChI=1S/C12H9ClN6/c13-10-6-9(14)7-15-12(10)19-17-11(16-18-19)8-4-2-1-3-5-8/h1-7H,14H2. The van der Waals surface area contributed by atoms with Gasteiger partial charge in [-0.3, -0.25) is 0 Å². The number of nitrogens with zero attached hydrogens (tertiary/aromatic N) is 5. The highest BCUT2D eigenvalue weighted by molar-refractivity contribution is 6.32. The molecule has 3 rings (SSSR count). The lowest BCUT2D eigenvalue weighted by molar-refractivity contribution is 0.701. The lowest BCUT2D eigenvalue weighted by Crippen LogP contribution is -2.03. The summed E-state index contributed by atoms with van der Waals surface area (Å²) in [6.07, 6.45) is 1.49. The Bertz CT molecular complexity index is 709. The van der Waals surface area contributed by atoms with Gasteiger partial charge in [0.15, 0.2) is 5.82 Å². The zero-order chi connectivity index (χ0) is 13.2. The molecule has 0 aliphatic heterocycles. The quantitative estimate of drug-likeness (QED) is 0.771. The Hall–Kier alpha value is -2.47. The van der Waals surface area contributed by atoms with Crippen molar-refractivity contribution in [3.05, 3.63) is 47.6 Å². The van der Waals surface area contributed by atoms with Crippen LogP contribution in [0.1, 0.15) is 0 Å². The van der Waals surface area contributed by atoms with Crippen LogP contribution in [0, 0.1) is 0 Å². The molecule has 19 heavy (non-hydrogen) atoms. The van der Waals surface area contributed by atoms with Crippen LogP contribution >= 0.6 is 11.6 Å². The van der Waals surface area contributed by atoms with Gasteiger partial charge in [0.25, 0.3) is 0 Å². The van der Waals surface area contributed by atoms with Crippen molar-refractivity contribution < 1.29 is 0 Å². The van der Waals surface area contributed by atoms with Crippen molar-refractivity contribution >= 4 is 17.3 Å². The summed E-state index contributed by atoms with van der Waals surface area (Å²) >= 11 is 6.05. The number of benzene rings is 1. The third-order valence-electron chi connectivity index (χ3n) is 2.48. The summed E-state index contributed by atoms with van der Waals surface area (Å²) in [6.45, 7) is 0. The van der Waals surface area contributed by atoms with E-state index in [0.29, 0.717) is 22.4 Å². The van der Waals surface area contributed by atoms with Crippen LogP contribution in [-0.4, -0.2) is 25.2 Å². The van der Waals surface area contributed by atoms with Crippen LogP contribution in [0.5, 0.6) is 0 Å². The van der Waals surface area contributed by atoms with E-state index in [2.05, 4.69) is 20.4 Å². The van der Waals surface area contributed by atoms with Crippen LogP contribution in [-0.2, 0) is 0 Å². The molecule has 0 fully saturated rings. The van der Waals surface area contributed by atoms with E-state index in [1.165, 1.54) is 11.0 Å². The summed E-state index contributed by atoms with van der Waals surface area (Å²) in [5.41, 5.74) is 6.95. The van der Waals surface area contributed by atoms with Gasteiger partial charge in [0, 0.05) is 5.56 Å². The predicted molar refractivity (Wildman–Crippen MR) is 71.8 cm³/mol. The smallest absolute Gasteiger partial charge is 0.205 e. The van der Waals surface area contributed by atoms with Crippen molar-refractivity contribution in [3.8, 4) is 17.2 Å². The van der Waals surface area contributed by atoms with Crippen LogP contribution in [0.3, 0.4) is 0 Å². The van der Waals surface area contributed by atoms with Gasteiger partial charge in [-0.25, -0.2) is 4.98 Å². The molecule has 0 radical (unpaired) electrons. The third-order valence-corrected chi connectivity index (χ3v) is 2.76. The molecule has 0 saturated heterocycles. The van der Waals surface area contributed by atoms with Gasteiger partial charge in [-0.2, -0.15) is 0 Å². The Morgan fingerprint density at radius 2 is 1.95 bits per heavy atom. The lowest BCUT2D eigenvalue weighted by Gasteiger charge is -2.00. The van der Waals surface area contributed by atoms with Gasteiger partial charge in [-0.1, -0.05) is 41.9 Å². The summed E-state index contributed by atoms with van der Waals surface area (Å²) in [4.78, 5) is 5.38. The number of pyridine rings is 1. The second kappa shape index (κ2) is 4.66. The summed E-state index contributed by atoms with van der Waals surface area (Å²) < 4.78 is 0. The third kappa shape index (κ3) is 2.25. The average Bonchev–Trinajstić information content (AvgIpc) is 2.89. The van der Waals surface area contributed by atoms with Crippen LogP contribution in [0.2, 0.25) is 5.02 Å². The van der Waals surface area contributed by atoms with Crippen molar-refractivity contribution in [1.82, 2.24) is 25.2 Å². The van der Waals surface area contributed by atoms with Crippen molar-refractivity contribution in [2.75, 3.05) is 5.73 Å². The first-order valence-electron chi connectivity index (χ1n) is 5.51. The fourth-order valence-corrected chi connectivity index (χ4v) is 1.85. The topological polar surface area (TPSA) is 82.5 Å². The molecule has 0 aliphatic rings. The number of halogens is 1. The van der Waals surface area contributed by atoms with E-state index in [-0.39, 0.29) is 0 Å². The van der Waals surface area contributed by atoms with Crippen molar-refractivity contribution in [2.24, 2.45) is 0 Å². The lowest BCUT2D eigenvalue weighted by atomic mass is 10.2. The largest absolute Gasteiger partial charge is 0.397 e. The molecule has 0 amide bonds. The highest BCUT2D eigenvalue weighted by Gasteiger charge is 2.11. The van der Waals surface area contributed by atoms with Crippen LogP contribution in [0.25, 0.3) is 17.2 Å². The van der Waals surface area contributed by atoms with Crippen LogP contribution in [0.15, 0.2) is 42.6 Å². The van der Waals surface area contributed by atoms with Crippen LogP contribution in [0.4, 0.5) is 5.69 Å². The number of nitrogens with two attached hydrogens (primary N) is 1. The molecule has 2 heterocycles. The monoisotopic (exact) mass is 272 g/mol. The molecule has 0 spiro atoms. The van der Waals surface area contributed by atoms with Gasteiger partial charge in [-0.05, 0) is 11.3 Å². The van der Waals surface area contributed by atoms with Gasteiger partial charge >= 0.3 is 0 Å². The highest BCUT2D eigenvalue weighted by atomic mass is 35.5. The maximum absolute atomic E-state index is 6.05. The Morgan fingerprint density at radius 1 is 1.16 bits per heavy atom. The molecule has 0 aliphatic carbocycles. The molecule has 94 valence electrons. The molecule has 7 heteroatoms. The Morgan fingerprint density at radius 3 is 2.68 bits per heavy atom. The van der Waals surface area contributed by atoms with Crippen molar-refractivity contribution in [3.63, 3.8) is 0 Å². The fourth-order valence-electron chi connectivity index (χ4n) is 1.60. The van der Waals surface area contributed by atoms with E-state index in [4.69, 9.17) is 17.3 Å². The summed E-state index contributed by atoms with van der Waals surface area (Å²) in [5.74, 6) is 0.904. The zero-order valence-corrected chi connectivity index (χ0v) is 10.5. The number of hydrogen-bond donors (Lipinski definition) is 1. The minimum atomic E-state index is 0.372. The SMILES string of the molecule is Nc1cnc(-n2nnc(-c3ccccc3)n2)c(Cl)c1. The van der Waals surface area contributed by atoms with Gasteiger partial charge in [0.05, 0.1) is 16.9 Å². The zero-order valence-electron chi connectivity index (χ0n) is 9.73. The molecule has 0 saturated carbocycles. The second-order valence-electron chi connectivity index (χ2n) is 3.84. The number of aromatic nitrogens is 5. The normalized spacial score (nSPS) is 10.6. The maximum atomic E-state index is 6.05. The molecule has 0 atom stereocenters. The first-order chi connectivity index (χ1) is 9.24. The Balaban J connectivity index is 2.02. The Kier molecular flexibility index (Phi) is 2.85. The average molecular weight is 273 g/mol. The predicted octanol–water partition coefficient (Wildman–Crippen LogP) is 1.96. The minimum Gasteiger partial charge on any atom is -0.397 e. The molecular weight excluding hydrogens is 264 g/mol. The van der Waals surface area contributed by atoms with E-state index in [1.54, 1.807) is 6.07 Å². The number of hydrogen-bond acceptors (Lipinski definition) is 5. The first-order valence-corrected chi connectivity index (χ1v) is 5.88. The number of tetrazole rings is 1.